The van der Waals surface area contributed by atoms with Crippen LogP contribution in [-0.2, 0) is 17.9 Å². The number of carbonyl (C=O) groups is 2. The van der Waals surface area contributed by atoms with E-state index in [1.54, 1.807) is 23.9 Å². The molecule has 0 aliphatic heterocycles. The first kappa shape index (κ1) is 22.0. The second kappa shape index (κ2) is 11.5. The number of nitrogens with one attached hydrogen (secondary N) is 2. The van der Waals surface area contributed by atoms with Crippen LogP contribution in [0.25, 0.3) is 0 Å². The average molecular weight is 400 g/mol. The normalized spacial score (nSPS) is 11.9. The second-order valence-corrected chi connectivity index (χ2v) is 7.93. The third kappa shape index (κ3) is 7.37. The molecule has 150 valence electrons. The number of nitrogens with zero attached hydrogens (tertiary/aromatic N) is 1. The summed E-state index contributed by atoms with van der Waals surface area (Å²) in [4.78, 5) is 27.2. The molecular weight excluding hydrogens is 370 g/mol. The summed E-state index contributed by atoms with van der Waals surface area (Å²) in [5.41, 5.74) is 2.82. The molecule has 0 spiro atoms. The molecule has 0 aliphatic rings. The Hall–Kier alpha value is -2.31. The Balaban J connectivity index is 1.93. The van der Waals surface area contributed by atoms with E-state index in [1.807, 2.05) is 50.7 Å². The third-order valence-electron chi connectivity index (χ3n) is 4.26. The highest BCUT2D eigenvalue weighted by atomic mass is 32.2. The molecule has 0 heterocycles. The number of rotatable bonds is 10. The van der Waals surface area contributed by atoms with Gasteiger partial charge in [-0.3, -0.25) is 9.59 Å². The van der Waals surface area contributed by atoms with Crippen LogP contribution in [0, 0.1) is 0 Å². The number of benzene rings is 2. The van der Waals surface area contributed by atoms with Gasteiger partial charge in [0.05, 0.1) is 0 Å². The first-order valence-electron chi connectivity index (χ1n) is 9.34. The van der Waals surface area contributed by atoms with E-state index >= 15 is 0 Å². The maximum atomic E-state index is 12.7. The van der Waals surface area contributed by atoms with Crippen LogP contribution < -0.4 is 10.6 Å². The van der Waals surface area contributed by atoms with Crippen LogP contribution in [0.5, 0.6) is 0 Å². The standard InChI is InChI=1S/C22H29N3O2S/c1-25(2)16-18-11-9-17(10-12-18)15-23-22(27)20(13-14-28-3)24-21(26)19-7-5-4-6-8-19/h4-12,20H,13-16H2,1-3H3,(H,23,27)(H,24,26)/t20-/m1/s1. The maximum Gasteiger partial charge on any atom is 0.251 e. The molecule has 0 saturated heterocycles. The fraction of sp³-hybridized carbons (Fsp3) is 0.364. The number of hydrogen-bond donors (Lipinski definition) is 2. The highest BCUT2D eigenvalue weighted by Crippen LogP contribution is 2.08. The zero-order valence-electron chi connectivity index (χ0n) is 16.8. The monoisotopic (exact) mass is 399 g/mol. The smallest absolute Gasteiger partial charge is 0.251 e. The van der Waals surface area contributed by atoms with E-state index in [0.717, 1.165) is 17.9 Å². The number of thioether (sulfide) groups is 1. The molecule has 0 aromatic heterocycles. The van der Waals surface area contributed by atoms with Crippen LogP contribution in [0.3, 0.4) is 0 Å². The Kier molecular flexibility index (Phi) is 9.04. The molecule has 2 amide bonds. The van der Waals surface area contributed by atoms with Gasteiger partial charge in [-0.2, -0.15) is 11.8 Å². The van der Waals surface area contributed by atoms with Gasteiger partial charge in [0.15, 0.2) is 0 Å². The van der Waals surface area contributed by atoms with E-state index in [4.69, 9.17) is 0 Å². The van der Waals surface area contributed by atoms with E-state index in [0.29, 0.717) is 18.5 Å². The molecule has 6 heteroatoms. The molecule has 2 rings (SSSR count). The van der Waals surface area contributed by atoms with Gasteiger partial charge in [-0.15, -0.1) is 0 Å². The van der Waals surface area contributed by atoms with Gasteiger partial charge in [0.25, 0.3) is 5.91 Å². The van der Waals surface area contributed by atoms with Crippen LogP contribution in [0.4, 0.5) is 0 Å². The quantitative estimate of drug-likeness (QED) is 0.645. The number of hydrogen-bond acceptors (Lipinski definition) is 4. The molecule has 1 atom stereocenters. The zero-order valence-corrected chi connectivity index (χ0v) is 17.6. The molecule has 5 nitrogen and oxygen atoms in total. The maximum absolute atomic E-state index is 12.7. The van der Waals surface area contributed by atoms with Gasteiger partial charge in [0.1, 0.15) is 6.04 Å². The molecule has 0 aliphatic carbocycles. The Morgan fingerprint density at radius 2 is 1.64 bits per heavy atom. The second-order valence-electron chi connectivity index (χ2n) is 6.95. The van der Waals surface area contributed by atoms with Gasteiger partial charge in [-0.25, -0.2) is 0 Å². The highest BCUT2D eigenvalue weighted by Gasteiger charge is 2.20. The topological polar surface area (TPSA) is 61.4 Å². The summed E-state index contributed by atoms with van der Waals surface area (Å²) in [7, 11) is 4.07. The van der Waals surface area contributed by atoms with Crippen molar-refractivity contribution in [1.29, 1.82) is 0 Å². The van der Waals surface area contributed by atoms with Crippen molar-refractivity contribution in [2.24, 2.45) is 0 Å². The van der Waals surface area contributed by atoms with Gasteiger partial charge in [0, 0.05) is 18.7 Å². The fourth-order valence-electron chi connectivity index (χ4n) is 2.78. The van der Waals surface area contributed by atoms with Crippen molar-refractivity contribution in [2.45, 2.75) is 25.6 Å². The molecule has 0 radical (unpaired) electrons. The van der Waals surface area contributed by atoms with Crippen molar-refractivity contribution in [3.8, 4) is 0 Å². The van der Waals surface area contributed by atoms with Gasteiger partial charge < -0.3 is 15.5 Å². The predicted molar refractivity (Wildman–Crippen MR) is 116 cm³/mol. The molecule has 0 bridgehead atoms. The zero-order chi connectivity index (χ0) is 20.4. The first-order chi connectivity index (χ1) is 13.5. The molecule has 2 aromatic carbocycles. The minimum absolute atomic E-state index is 0.157. The van der Waals surface area contributed by atoms with Crippen LogP contribution >= 0.6 is 11.8 Å². The molecule has 0 unspecified atom stereocenters. The molecule has 2 aromatic rings. The summed E-state index contributed by atoms with van der Waals surface area (Å²) in [5, 5.41) is 5.82. The Bertz CT molecular complexity index is 748. The summed E-state index contributed by atoms with van der Waals surface area (Å²) >= 11 is 1.66. The Labute approximate surface area is 171 Å². The molecule has 28 heavy (non-hydrogen) atoms. The van der Waals surface area contributed by atoms with Gasteiger partial charge in [0.2, 0.25) is 5.91 Å². The number of amides is 2. The summed E-state index contributed by atoms with van der Waals surface area (Å²) in [6, 6.07) is 16.6. The van der Waals surface area contributed by atoms with Gasteiger partial charge in [-0.05, 0) is 55.8 Å². The minimum Gasteiger partial charge on any atom is -0.350 e. The fourth-order valence-corrected chi connectivity index (χ4v) is 3.25. The van der Waals surface area contributed by atoms with Crippen LogP contribution in [0.1, 0.15) is 27.9 Å². The average Bonchev–Trinajstić information content (AvgIpc) is 2.70. The predicted octanol–water partition coefficient (Wildman–Crippen LogP) is 2.92. The summed E-state index contributed by atoms with van der Waals surface area (Å²) in [6.07, 6.45) is 2.58. The van der Waals surface area contributed by atoms with Crippen LogP contribution in [-0.4, -0.2) is 48.9 Å². The first-order valence-corrected chi connectivity index (χ1v) is 10.7. The van der Waals surface area contributed by atoms with E-state index in [2.05, 4.69) is 27.7 Å². The molecule has 2 N–H and O–H groups in total. The van der Waals surface area contributed by atoms with Gasteiger partial charge >= 0.3 is 0 Å². The van der Waals surface area contributed by atoms with E-state index in [1.165, 1.54) is 5.56 Å². The largest absolute Gasteiger partial charge is 0.350 e. The lowest BCUT2D eigenvalue weighted by Gasteiger charge is -2.18. The third-order valence-corrected chi connectivity index (χ3v) is 4.90. The summed E-state index contributed by atoms with van der Waals surface area (Å²) in [5.74, 6) is 0.414. The van der Waals surface area contributed by atoms with Crippen molar-refractivity contribution in [3.05, 3.63) is 71.3 Å². The minimum atomic E-state index is -0.548. The summed E-state index contributed by atoms with van der Waals surface area (Å²) < 4.78 is 0. The lowest BCUT2D eigenvalue weighted by atomic mass is 10.1. The lowest BCUT2D eigenvalue weighted by molar-refractivity contribution is -0.123. The number of carbonyl (C=O) groups excluding carboxylic acids is 2. The lowest BCUT2D eigenvalue weighted by Crippen LogP contribution is -2.46. The highest BCUT2D eigenvalue weighted by molar-refractivity contribution is 7.98. The van der Waals surface area contributed by atoms with Crippen LogP contribution in [0.15, 0.2) is 54.6 Å². The van der Waals surface area contributed by atoms with E-state index in [9.17, 15) is 9.59 Å². The Morgan fingerprint density at radius 3 is 2.25 bits per heavy atom. The van der Waals surface area contributed by atoms with Crippen molar-refractivity contribution in [3.63, 3.8) is 0 Å². The van der Waals surface area contributed by atoms with Crippen molar-refractivity contribution >= 4 is 23.6 Å². The van der Waals surface area contributed by atoms with Crippen LogP contribution in [0.2, 0.25) is 0 Å². The molecule has 0 fully saturated rings. The van der Waals surface area contributed by atoms with Crippen molar-refractivity contribution in [1.82, 2.24) is 15.5 Å². The molecule has 0 saturated carbocycles. The SMILES string of the molecule is CSCC[C@@H](NC(=O)c1ccccc1)C(=O)NCc1ccc(CN(C)C)cc1. The van der Waals surface area contributed by atoms with Crippen molar-refractivity contribution < 1.29 is 9.59 Å². The molecular formula is C22H29N3O2S. The Morgan fingerprint density at radius 1 is 1.00 bits per heavy atom. The van der Waals surface area contributed by atoms with Gasteiger partial charge in [-0.1, -0.05) is 42.5 Å². The van der Waals surface area contributed by atoms with Crippen molar-refractivity contribution in [2.75, 3.05) is 26.1 Å². The van der Waals surface area contributed by atoms with E-state index in [-0.39, 0.29) is 11.8 Å². The van der Waals surface area contributed by atoms with E-state index < -0.39 is 6.04 Å². The summed E-state index contributed by atoms with van der Waals surface area (Å²) in [6.45, 7) is 1.33.